The standard InChI is InChI=1S/C30H36N2O3/c1-22-15-17-25(18-16-22)20-32(28(33)21-35-27-14-10-9-11-23(27)2)26(29(34)31-30(3,4)5)19-24-12-7-6-8-13-24/h6-18,26H,19-21H2,1-5H3,(H,31,34). The van der Waals surface area contributed by atoms with Gasteiger partial charge < -0.3 is 15.0 Å². The summed E-state index contributed by atoms with van der Waals surface area (Å²) in [7, 11) is 0. The molecule has 0 saturated carbocycles. The predicted octanol–water partition coefficient (Wildman–Crippen LogP) is 5.24. The van der Waals surface area contributed by atoms with Gasteiger partial charge >= 0.3 is 0 Å². The first-order valence-electron chi connectivity index (χ1n) is 12.0. The molecular formula is C30H36N2O3. The Hall–Kier alpha value is -3.60. The number of aryl methyl sites for hydroxylation is 2. The Bertz CT molecular complexity index is 1120. The number of rotatable bonds is 9. The van der Waals surface area contributed by atoms with E-state index < -0.39 is 11.6 Å². The third-order valence-electron chi connectivity index (χ3n) is 5.69. The van der Waals surface area contributed by atoms with Crippen LogP contribution in [0, 0.1) is 13.8 Å². The van der Waals surface area contributed by atoms with Gasteiger partial charge in [0.2, 0.25) is 5.91 Å². The smallest absolute Gasteiger partial charge is 0.261 e. The minimum Gasteiger partial charge on any atom is -0.484 e. The van der Waals surface area contributed by atoms with E-state index in [1.165, 1.54) is 0 Å². The molecule has 0 aliphatic carbocycles. The Labute approximate surface area is 209 Å². The largest absolute Gasteiger partial charge is 0.484 e. The molecular weight excluding hydrogens is 436 g/mol. The zero-order chi connectivity index (χ0) is 25.4. The molecule has 3 aromatic carbocycles. The first-order valence-corrected chi connectivity index (χ1v) is 12.0. The molecule has 1 unspecified atom stereocenters. The highest BCUT2D eigenvalue weighted by Crippen LogP contribution is 2.19. The highest BCUT2D eigenvalue weighted by molar-refractivity contribution is 5.89. The quantitative estimate of drug-likeness (QED) is 0.464. The first-order chi connectivity index (χ1) is 16.6. The molecule has 3 rings (SSSR count). The van der Waals surface area contributed by atoms with Gasteiger partial charge in [0.05, 0.1) is 0 Å². The van der Waals surface area contributed by atoms with E-state index in [1.807, 2.05) is 113 Å². The van der Waals surface area contributed by atoms with E-state index in [0.29, 0.717) is 18.7 Å². The van der Waals surface area contributed by atoms with E-state index in [0.717, 1.165) is 22.3 Å². The second-order valence-corrected chi connectivity index (χ2v) is 10.0. The van der Waals surface area contributed by atoms with Crippen LogP contribution in [0.25, 0.3) is 0 Å². The van der Waals surface area contributed by atoms with Crippen LogP contribution in [0.1, 0.15) is 43.0 Å². The molecule has 184 valence electrons. The van der Waals surface area contributed by atoms with Crippen LogP contribution >= 0.6 is 0 Å². The Morgan fingerprint density at radius 2 is 1.49 bits per heavy atom. The molecule has 35 heavy (non-hydrogen) atoms. The molecule has 3 aromatic rings. The lowest BCUT2D eigenvalue weighted by atomic mass is 10.0. The highest BCUT2D eigenvalue weighted by atomic mass is 16.5. The lowest BCUT2D eigenvalue weighted by Gasteiger charge is -2.33. The van der Waals surface area contributed by atoms with Gasteiger partial charge in [-0.05, 0) is 57.4 Å². The van der Waals surface area contributed by atoms with Crippen LogP contribution in [0.3, 0.4) is 0 Å². The van der Waals surface area contributed by atoms with Crippen LogP contribution in [-0.4, -0.2) is 34.9 Å². The van der Waals surface area contributed by atoms with Gasteiger partial charge in [-0.1, -0.05) is 78.4 Å². The summed E-state index contributed by atoms with van der Waals surface area (Å²) in [5, 5.41) is 3.08. The molecule has 0 radical (unpaired) electrons. The summed E-state index contributed by atoms with van der Waals surface area (Å²) in [5.74, 6) is 0.242. The van der Waals surface area contributed by atoms with Crippen LogP contribution in [0.4, 0.5) is 0 Å². The summed E-state index contributed by atoms with van der Waals surface area (Å²) < 4.78 is 5.89. The Balaban J connectivity index is 1.93. The van der Waals surface area contributed by atoms with Crippen LogP contribution < -0.4 is 10.1 Å². The molecule has 0 heterocycles. The zero-order valence-corrected chi connectivity index (χ0v) is 21.4. The average molecular weight is 473 g/mol. The summed E-state index contributed by atoms with van der Waals surface area (Å²) in [5.41, 5.74) is 3.62. The van der Waals surface area contributed by atoms with Crippen molar-refractivity contribution in [3.8, 4) is 5.75 Å². The van der Waals surface area contributed by atoms with Gasteiger partial charge in [-0.2, -0.15) is 0 Å². The molecule has 5 heteroatoms. The molecule has 0 fully saturated rings. The number of hydrogen-bond donors (Lipinski definition) is 1. The molecule has 1 N–H and O–H groups in total. The normalized spacial score (nSPS) is 12.0. The number of hydrogen-bond acceptors (Lipinski definition) is 3. The molecule has 5 nitrogen and oxygen atoms in total. The van der Waals surface area contributed by atoms with Crippen molar-refractivity contribution in [1.29, 1.82) is 0 Å². The van der Waals surface area contributed by atoms with Crippen molar-refractivity contribution in [2.24, 2.45) is 0 Å². The van der Waals surface area contributed by atoms with Crippen molar-refractivity contribution in [2.45, 2.75) is 59.2 Å². The van der Waals surface area contributed by atoms with Crippen LogP contribution in [0.2, 0.25) is 0 Å². The van der Waals surface area contributed by atoms with Crippen molar-refractivity contribution in [2.75, 3.05) is 6.61 Å². The lowest BCUT2D eigenvalue weighted by Crippen LogP contribution is -2.55. The fourth-order valence-corrected chi connectivity index (χ4v) is 3.84. The first kappa shape index (κ1) is 26.0. The SMILES string of the molecule is Cc1ccc(CN(C(=O)COc2ccccc2C)C(Cc2ccccc2)C(=O)NC(C)(C)C)cc1. The van der Waals surface area contributed by atoms with Crippen LogP contribution in [0.5, 0.6) is 5.75 Å². The van der Waals surface area contributed by atoms with Gasteiger partial charge in [0, 0.05) is 18.5 Å². The molecule has 0 saturated heterocycles. The number of nitrogens with zero attached hydrogens (tertiary/aromatic N) is 1. The van der Waals surface area contributed by atoms with E-state index >= 15 is 0 Å². The number of carbonyl (C=O) groups is 2. The number of nitrogens with one attached hydrogen (secondary N) is 1. The predicted molar refractivity (Wildman–Crippen MR) is 140 cm³/mol. The van der Waals surface area contributed by atoms with Crippen molar-refractivity contribution in [3.63, 3.8) is 0 Å². The van der Waals surface area contributed by atoms with Gasteiger partial charge in [-0.25, -0.2) is 0 Å². The van der Waals surface area contributed by atoms with Crippen LogP contribution in [0.15, 0.2) is 78.9 Å². The van der Waals surface area contributed by atoms with Gasteiger partial charge in [0.15, 0.2) is 6.61 Å². The molecule has 2 amide bonds. The van der Waals surface area contributed by atoms with Gasteiger partial charge in [0.25, 0.3) is 5.91 Å². The van der Waals surface area contributed by atoms with Crippen molar-refractivity contribution >= 4 is 11.8 Å². The summed E-state index contributed by atoms with van der Waals surface area (Å²) in [4.78, 5) is 28.8. The minimum atomic E-state index is -0.689. The number of benzene rings is 3. The molecule has 0 aliphatic heterocycles. The van der Waals surface area contributed by atoms with Crippen molar-refractivity contribution in [3.05, 3.63) is 101 Å². The number of ether oxygens (including phenoxy) is 1. The average Bonchev–Trinajstić information content (AvgIpc) is 2.81. The Morgan fingerprint density at radius 1 is 0.857 bits per heavy atom. The van der Waals surface area contributed by atoms with E-state index in [2.05, 4.69) is 5.32 Å². The monoisotopic (exact) mass is 472 g/mol. The summed E-state index contributed by atoms with van der Waals surface area (Å²) in [6.07, 6.45) is 0.407. The third-order valence-corrected chi connectivity index (χ3v) is 5.69. The maximum absolute atomic E-state index is 13.6. The number of carbonyl (C=O) groups excluding carboxylic acids is 2. The fourth-order valence-electron chi connectivity index (χ4n) is 3.84. The second-order valence-electron chi connectivity index (χ2n) is 10.0. The molecule has 0 aromatic heterocycles. The third kappa shape index (κ3) is 7.99. The van der Waals surface area contributed by atoms with E-state index in [-0.39, 0.29) is 18.4 Å². The van der Waals surface area contributed by atoms with E-state index in [9.17, 15) is 9.59 Å². The summed E-state index contributed by atoms with van der Waals surface area (Å²) in [6.45, 7) is 9.96. The maximum atomic E-state index is 13.6. The summed E-state index contributed by atoms with van der Waals surface area (Å²) >= 11 is 0. The second kappa shape index (κ2) is 11.7. The lowest BCUT2D eigenvalue weighted by molar-refractivity contribution is -0.143. The summed E-state index contributed by atoms with van der Waals surface area (Å²) in [6, 6.07) is 24.7. The highest BCUT2D eigenvalue weighted by Gasteiger charge is 2.32. The fraction of sp³-hybridized carbons (Fsp3) is 0.333. The topological polar surface area (TPSA) is 58.6 Å². The molecule has 0 aliphatic rings. The van der Waals surface area contributed by atoms with Gasteiger partial charge in [-0.15, -0.1) is 0 Å². The van der Waals surface area contributed by atoms with Gasteiger partial charge in [0.1, 0.15) is 11.8 Å². The maximum Gasteiger partial charge on any atom is 0.261 e. The van der Waals surface area contributed by atoms with Crippen LogP contribution in [-0.2, 0) is 22.6 Å². The van der Waals surface area contributed by atoms with Crippen molar-refractivity contribution in [1.82, 2.24) is 10.2 Å². The van der Waals surface area contributed by atoms with E-state index in [1.54, 1.807) is 4.90 Å². The van der Waals surface area contributed by atoms with Gasteiger partial charge in [-0.3, -0.25) is 9.59 Å². The molecule has 0 spiro atoms. The molecule has 1 atom stereocenters. The Morgan fingerprint density at radius 3 is 2.11 bits per heavy atom. The number of amides is 2. The Kier molecular flexibility index (Phi) is 8.69. The molecule has 0 bridgehead atoms. The number of para-hydroxylation sites is 1. The van der Waals surface area contributed by atoms with E-state index in [4.69, 9.17) is 4.74 Å². The zero-order valence-electron chi connectivity index (χ0n) is 21.4. The van der Waals surface area contributed by atoms with Crippen molar-refractivity contribution < 1.29 is 14.3 Å². The minimum absolute atomic E-state index is 0.148.